The second kappa shape index (κ2) is 6.02. The lowest BCUT2D eigenvalue weighted by Crippen LogP contribution is -2.14. The van der Waals surface area contributed by atoms with Gasteiger partial charge in [-0.1, -0.05) is 47.1 Å². The van der Waals surface area contributed by atoms with E-state index in [0.717, 1.165) is 33.3 Å². The maximum absolute atomic E-state index is 12.3. The largest absolute Gasteiger partial charge is 0.322 e. The third kappa shape index (κ3) is 3.24. The summed E-state index contributed by atoms with van der Waals surface area (Å²) in [6.07, 6.45) is 0.848. The molecule has 98 valence electrons. The fourth-order valence-corrected chi connectivity index (χ4v) is 2.33. The summed E-state index contributed by atoms with van der Waals surface area (Å²) in [5.41, 5.74) is 3.69. The Morgan fingerprint density at radius 1 is 1.21 bits per heavy atom. The molecular weight excluding hydrogens is 302 g/mol. The van der Waals surface area contributed by atoms with Crippen molar-refractivity contribution in [1.82, 2.24) is 0 Å². The van der Waals surface area contributed by atoms with Gasteiger partial charge in [-0.15, -0.1) is 0 Å². The van der Waals surface area contributed by atoms with E-state index in [0.29, 0.717) is 0 Å². The van der Waals surface area contributed by atoms with Gasteiger partial charge in [-0.3, -0.25) is 4.79 Å². The van der Waals surface area contributed by atoms with Crippen LogP contribution in [0.25, 0.3) is 0 Å². The highest BCUT2D eigenvalue weighted by molar-refractivity contribution is 9.10. The third-order valence-corrected chi connectivity index (χ3v) is 3.58. The monoisotopic (exact) mass is 317 g/mol. The van der Waals surface area contributed by atoms with Crippen molar-refractivity contribution in [3.8, 4) is 0 Å². The van der Waals surface area contributed by atoms with Gasteiger partial charge in [0.15, 0.2) is 0 Å². The lowest BCUT2D eigenvalue weighted by molar-refractivity contribution is 0.102. The van der Waals surface area contributed by atoms with E-state index in [4.69, 9.17) is 0 Å². The van der Waals surface area contributed by atoms with Crippen molar-refractivity contribution >= 4 is 27.5 Å². The average Bonchev–Trinajstić information content (AvgIpc) is 2.42. The number of hydrogen-bond donors (Lipinski definition) is 1. The van der Waals surface area contributed by atoms with Crippen LogP contribution in [0.4, 0.5) is 5.69 Å². The van der Waals surface area contributed by atoms with Crippen molar-refractivity contribution in [3.05, 3.63) is 63.6 Å². The van der Waals surface area contributed by atoms with Crippen LogP contribution in [-0.4, -0.2) is 5.91 Å². The predicted octanol–water partition coefficient (Wildman–Crippen LogP) is 4.57. The molecule has 19 heavy (non-hydrogen) atoms. The molecule has 2 nitrogen and oxygen atoms in total. The van der Waals surface area contributed by atoms with Crippen molar-refractivity contribution in [2.45, 2.75) is 20.3 Å². The molecule has 0 heterocycles. The van der Waals surface area contributed by atoms with Gasteiger partial charge < -0.3 is 5.32 Å². The lowest BCUT2D eigenvalue weighted by Gasteiger charge is -2.11. The summed E-state index contributed by atoms with van der Waals surface area (Å²) in [4.78, 5) is 12.3. The Labute approximate surface area is 122 Å². The quantitative estimate of drug-likeness (QED) is 0.882. The first-order chi connectivity index (χ1) is 9.11. The van der Waals surface area contributed by atoms with Crippen molar-refractivity contribution in [3.63, 3.8) is 0 Å². The lowest BCUT2D eigenvalue weighted by atomic mass is 10.0. The van der Waals surface area contributed by atoms with Crippen LogP contribution in [0.15, 0.2) is 46.9 Å². The normalized spacial score (nSPS) is 10.3. The summed E-state index contributed by atoms with van der Waals surface area (Å²) in [5.74, 6) is -0.0568. The highest BCUT2D eigenvalue weighted by Crippen LogP contribution is 2.22. The smallest absolute Gasteiger partial charge is 0.255 e. The molecule has 0 fully saturated rings. The van der Waals surface area contributed by atoms with E-state index in [1.807, 2.05) is 49.4 Å². The molecule has 2 aromatic rings. The van der Waals surface area contributed by atoms with E-state index >= 15 is 0 Å². The zero-order valence-electron chi connectivity index (χ0n) is 11.0. The number of amides is 1. The summed E-state index contributed by atoms with van der Waals surface area (Å²) in [5, 5.41) is 2.97. The van der Waals surface area contributed by atoms with Gasteiger partial charge in [0.1, 0.15) is 0 Å². The van der Waals surface area contributed by atoms with E-state index < -0.39 is 0 Å². The highest BCUT2D eigenvalue weighted by atomic mass is 79.9. The predicted molar refractivity (Wildman–Crippen MR) is 82.7 cm³/mol. The molecule has 0 atom stereocenters. The van der Waals surface area contributed by atoms with Crippen LogP contribution in [0.5, 0.6) is 0 Å². The molecule has 2 aromatic carbocycles. The minimum absolute atomic E-state index is 0.0568. The molecule has 0 bridgehead atoms. The fraction of sp³-hybridized carbons (Fsp3) is 0.188. The zero-order valence-corrected chi connectivity index (χ0v) is 12.6. The molecule has 2 rings (SSSR count). The van der Waals surface area contributed by atoms with Gasteiger partial charge >= 0.3 is 0 Å². The van der Waals surface area contributed by atoms with E-state index in [-0.39, 0.29) is 5.91 Å². The number of nitrogens with one attached hydrogen (secondary N) is 1. The second-order valence-corrected chi connectivity index (χ2v) is 5.34. The highest BCUT2D eigenvalue weighted by Gasteiger charge is 2.11. The first-order valence-electron chi connectivity index (χ1n) is 6.27. The second-order valence-electron chi connectivity index (χ2n) is 4.42. The number of rotatable bonds is 3. The molecule has 0 radical (unpaired) electrons. The maximum Gasteiger partial charge on any atom is 0.255 e. The van der Waals surface area contributed by atoms with Gasteiger partial charge in [-0.25, -0.2) is 0 Å². The standard InChI is InChI=1S/C16H16BrNO/c1-3-12-6-4-5-7-14(12)16(19)18-15-10-13(17)9-8-11(15)2/h4-10H,3H2,1-2H3,(H,18,19). The van der Waals surface area contributed by atoms with E-state index in [9.17, 15) is 4.79 Å². The van der Waals surface area contributed by atoms with Crippen molar-refractivity contribution in [2.24, 2.45) is 0 Å². The van der Waals surface area contributed by atoms with Gasteiger partial charge in [0.2, 0.25) is 0 Å². The van der Waals surface area contributed by atoms with Crippen LogP contribution >= 0.6 is 15.9 Å². The summed E-state index contributed by atoms with van der Waals surface area (Å²) in [6, 6.07) is 13.6. The molecule has 0 aromatic heterocycles. The van der Waals surface area contributed by atoms with E-state index in [1.165, 1.54) is 0 Å². The Morgan fingerprint density at radius 3 is 2.68 bits per heavy atom. The van der Waals surface area contributed by atoms with Gasteiger partial charge in [0.05, 0.1) is 0 Å². The van der Waals surface area contributed by atoms with E-state index in [1.54, 1.807) is 0 Å². The summed E-state index contributed by atoms with van der Waals surface area (Å²) >= 11 is 3.42. The Balaban J connectivity index is 2.28. The van der Waals surface area contributed by atoms with Crippen LogP contribution in [-0.2, 0) is 6.42 Å². The number of halogens is 1. The van der Waals surface area contributed by atoms with Crippen LogP contribution in [0.2, 0.25) is 0 Å². The number of anilines is 1. The molecule has 0 aliphatic carbocycles. The van der Waals surface area contributed by atoms with Gasteiger partial charge in [0, 0.05) is 15.7 Å². The Kier molecular flexibility index (Phi) is 4.38. The van der Waals surface area contributed by atoms with Crippen molar-refractivity contribution < 1.29 is 4.79 Å². The molecule has 0 unspecified atom stereocenters. The molecule has 1 N–H and O–H groups in total. The fourth-order valence-electron chi connectivity index (χ4n) is 1.97. The SMILES string of the molecule is CCc1ccccc1C(=O)Nc1cc(Br)ccc1C. The first kappa shape index (κ1) is 13.8. The summed E-state index contributed by atoms with van der Waals surface area (Å²) in [6.45, 7) is 4.03. The van der Waals surface area contributed by atoms with Crippen molar-refractivity contribution in [1.29, 1.82) is 0 Å². The van der Waals surface area contributed by atoms with Crippen molar-refractivity contribution in [2.75, 3.05) is 5.32 Å². The first-order valence-corrected chi connectivity index (χ1v) is 7.06. The molecule has 3 heteroatoms. The molecule has 0 spiro atoms. The summed E-state index contributed by atoms with van der Waals surface area (Å²) in [7, 11) is 0. The number of aryl methyl sites for hydroxylation is 2. The number of carbonyl (C=O) groups is 1. The maximum atomic E-state index is 12.3. The Morgan fingerprint density at radius 2 is 1.95 bits per heavy atom. The zero-order chi connectivity index (χ0) is 13.8. The minimum atomic E-state index is -0.0568. The van der Waals surface area contributed by atoms with Crippen LogP contribution in [0.1, 0.15) is 28.4 Å². The molecule has 1 amide bonds. The van der Waals surface area contributed by atoms with Crippen LogP contribution in [0.3, 0.4) is 0 Å². The van der Waals surface area contributed by atoms with Crippen LogP contribution in [0, 0.1) is 6.92 Å². The number of hydrogen-bond acceptors (Lipinski definition) is 1. The van der Waals surface area contributed by atoms with Crippen LogP contribution < -0.4 is 5.32 Å². The average molecular weight is 318 g/mol. The van der Waals surface area contributed by atoms with Gasteiger partial charge in [0.25, 0.3) is 5.91 Å². The topological polar surface area (TPSA) is 29.1 Å². The third-order valence-electron chi connectivity index (χ3n) is 3.09. The molecule has 0 aliphatic rings. The Hall–Kier alpha value is -1.61. The van der Waals surface area contributed by atoms with Gasteiger partial charge in [-0.2, -0.15) is 0 Å². The molecule has 0 aliphatic heterocycles. The van der Waals surface area contributed by atoms with Gasteiger partial charge in [-0.05, 0) is 42.7 Å². The number of benzene rings is 2. The minimum Gasteiger partial charge on any atom is -0.322 e. The molecule has 0 saturated carbocycles. The molecular formula is C16H16BrNO. The summed E-state index contributed by atoms with van der Waals surface area (Å²) < 4.78 is 0.956. The molecule has 0 saturated heterocycles. The number of carbonyl (C=O) groups excluding carboxylic acids is 1. The van der Waals surface area contributed by atoms with E-state index in [2.05, 4.69) is 28.2 Å². The Bertz CT molecular complexity index is 607.